The van der Waals surface area contributed by atoms with Crippen LogP contribution in [0.2, 0.25) is 0 Å². The van der Waals surface area contributed by atoms with E-state index in [0.717, 1.165) is 0 Å². The first kappa shape index (κ1) is 14.0. The second kappa shape index (κ2) is 5.27. The number of nitrogens with one attached hydrogen (secondary N) is 1. The van der Waals surface area contributed by atoms with Crippen LogP contribution in [-0.2, 0) is 9.47 Å². The molecule has 0 bridgehead atoms. The van der Waals surface area contributed by atoms with E-state index in [0.29, 0.717) is 24.3 Å². The van der Waals surface area contributed by atoms with E-state index in [9.17, 15) is 9.18 Å². The molecule has 1 aliphatic heterocycles. The summed E-state index contributed by atoms with van der Waals surface area (Å²) in [5, 5.41) is 2.71. The standard InChI is InChI=1S/C14H18FNO3/c1-9-4-5-10(6-12(9)15)13(17)16-7-11-8-18-14(2,3)19-11/h4-6,11H,7-8H2,1-3H3,(H,16,17). The molecule has 1 aliphatic rings. The van der Waals surface area contributed by atoms with Crippen LogP contribution in [-0.4, -0.2) is 30.9 Å². The van der Waals surface area contributed by atoms with Crippen LogP contribution in [0, 0.1) is 12.7 Å². The first-order valence-electron chi connectivity index (χ1n) is 6.23. The number of carbonyl (C=O) groups is 1. The molecule has 0 radical (unpaired) electrons. The molecule has 1 unspecified atom stereocenters. The number of aryl methyl sites for hydroxylation is 1. The van der Waals surface area contributed by atoms with Crippen LogP contribution < -0.4 is 5.32 Å². The molecule has 0 spiro atoms. The number of amides is 1. The molecular formula is C14H18FNO3. The summed E-state index contributed by atoms with van der Waals surface area (Å²) in [6.45, 7) is 6.09. The van der Waals surface area contributed by atoms with Gasteiger partial charge in [0.1, 0.15) is 11.9 Å². The maximum absolute atomic E-state index is 13.4. The van der Waals surface area contributed by atoms with Gasteiger partial charge in [-0.3, -0.25) is 4.79 Å². The molecule has 1 amide bonds. The monoisotopic (exact) mass is 267 g/mol. The molecule has 2 rings (SSSR count). The molecule has 0 saturated carbocycles. The third-order valence-electron chi connectivity index (χ3n) is 2.99. The molecule has 1 aromatic carbocycles. The van der Waals surface area contributed by atoms with Crippen LogP contribution in [0.3, 0.4) is 0 Å². The lowest BCUT2D eigenvalue weighted by molar-refractivity contribution is -0.137. The summed E-state index contributed by atoms with van der Waals surface area (Å²) in [6.07, 6.45) is -0.172. The maximum Gasteiger partial charge on any atom is 0.251 e. The van der Waals surface area contributed by atoms with Gasteiger partial charge in [-0.25, -0.2) is 4.39 Å². The Balaban J connectivity index is 1.89. The highest BCUT2D eigenvalue weighted by atomic mass is 19.1. The van der Waals surface area contributed by atoms with Gasteiger partial charge >= 0.3 is 0 Å². The number of hydrogen-bond acceptors (Lipinski definition) is 3. The maximum atomic E-state index is 13.4. The van der Waals surface area contributed by atoms with Gasteiger partial charge in [-0.2, -0.15) is 0 Å². The zero-order chi connectivity index (χ0) is 14.0. The van der Waals surface area contributed by atoms with Crippen molar-refractivity contribution in [3.05, 3.63) is 35.1 Å². The van der Waals surface area contributed by atoms with Gasteiger partial charge in [0.15, 0.2) is 5.79 Å². The summed E-state index contributed by atoms with van der Waals surface area (Å²) in [4.78, 5) is 11.9. The number of hydrogen-bond donors (Lipinski definition) is 1. The molecule has 1 aromatic rings. The molecule has 5 heteroatoms. The van der Waals surface area contributed by atoms with Crippen LogP contribution in [0.15, 0.2) is 18.2 Å². The Bertz CT molecular complexity index is 488. The van der Waals surface area contributed by atoms with Gasteiger partial charge in [0, 0.05) is 12.1 Å². The normalized spacial score (nSPS) is 21.4. The van der Waals surface area contributed by atoms with Gasteiger partial charge < -0.3 is 14.8 Å². The zero-order valence-corrected chi connectivity index (χ0v) is 11.3. The lowest BCUT2D eigenvalue weighted by atomic mass is 10.1. The summed E-state index contributed by atoms with van der Waals surface area (Å²) >= 11 is 0. The fourth-order valence-electron chi connectivity index (χ4n) is 1.91. The fraction of sp³-hybridized carbons (Fsp3) is 0.500. The van der Waals surface area contributed by atoms with Crippen molar-refractivity contribution >= 4 is 5.91 Å². The fourth-order valence-corrected chi connectivity index (χ4v) is 1.91. The third-order valence-corrected chi connectivity index (χ3v) is 2.99. The van der Waals surface area contributed by atoms with Crippen molar-refractivity contribution in [2.75, 3.05) is 13.2 Å². The summed E-state index contributed by atoms with van der Waals surface area (Å²) in [7, 11) is 0. The predicted octanol–water partition coefficient (Wildman–Crippen LogP) is 2.02. The lowest BCUT2D eigenvalue weighted by Gasteiger charge is -2.17. The summed E-state index contributed by atoms with van der Waals surface area (Å²) in [6, 6.07) is 4.42. The first-order valence-corrected chi connectivity index (χ1v) is 6.23. The molecule has 1 saturated heterocycles. The summed E-state index contributed by atoms with van der Waals surface area (Å²) in [5.74, 6) is -1.30. The van der Waals surface area contributed by atoms with Crippen molar-refractivity contribution in [3.63, 3.8) is 0 Å². The van der Waals surface area contributed by atoms with E-state index >= 15 is 0 Å². The summed E-state index contributed by atoms with van der Waals surface area (Å²) in [5.41, 5.74) is 0.826. The molecule has 4 nitrogen and oxygen atoms in total. The van der Waals surface area contributed by atoms with E-state index in [2.05, 4.69) is 5.32 Å². The van der Waals surface area contributed by atoms with E-state index < -0.39 is 5.79 Å². The topological polar surface area (TPSA) is 47.6 Å². The lowest BCUT2D eigenvalue weighted by Crippen LogP contribution is -2.34. The highest BCUT2D eigenvalue weighted by Crippen LogP contribution is 2.21. The van der Waals surface area contributed by atoms with Crippen molar-refractivity contribution in [1.82, 2.24) is 5.32 Å². The molecule has 104 valence electrons. The van der Waals surface area contributed by atoms with Gasteiger partial charge in [0.2, 0.25) is 0 Å². The number of rotatable bonds is 3. The molecule has 0 aromatic heterocycles. The predicted molar refractivity (Wildman–Crippen MR) is 68.4 cm³/mol. The molecule has 19 heavy (non-hydrogen) atoms. The molecular weight excluding hydrogens is 249 g/mol. The Kier molecular flexibility index (Phi) is 3.87. The Morgan fingerprint density at radius 1 is 1.53 bits per heavy atom. The van der Waals surface area contributed by atoms with E-state index in [1.807, 2.05) is 13.8 Å². The van der Waals surface area contributed by atoms with Gasteiger partial charge in [-0.1, -0.05) is 6.07 Å². The Hall–Kier alpha value is -1.46. The van der Waals surface area contributed by atoms with E-state index in [-0.39, 0.29) is 17.8 Å². The quantitative estimate of drug-likeness (QED) is 0.911. The van der Waals surface area contributed by atoms with Crippen LogP contribution in [0.4, 0.5) is 4.39 Å². The number of benzene rings is 1. The van der Waals surface area contributed by atoms with Gasteiger partial charge in [0.05, 0.1) is 6.61 Å². The van der Waals surface area contributed by atoms with Gasteiger partial charge in [-0.05, 0) is 38.5 Å². The average molecular weight is 267 g/mol. The van der Waals surface area contributed by atoms with Crippen molar-refractivity contribution in [1.29, 1.82) is 0 Å². The Morgan fingerprint density at radius 2 is 2.26 bits per heavy atom. The second-order valence-corrected chi connectivity index (χ2v) is 5.12. The van der Waals surface area contributed by atoms with Crippen molar-refractivity contribution < 1.29 is 18.7 Å². The SMILES string of the molecule is Cc1ccc(C(=O)NCC2COC(C)(C)O2)cc1F. The van der Waals surface area contributed by atoms with Crippen molar-refractivity contribution in [3.8, 4) is 0 Å². The molecule has 1 heterocycles. The van der Waals surface area contributed by atoms with E-state index in [1.54, 1.807) is 19.1 Å². The van der Waals surface area contributed by atoms with Gasteiger partial charge in [-0.15, -0.1) is 0 Å². The van der Waals surface area contributed by atoms with Crippen LogP contribution in [0.25, 0.3) is 0 Å². The molecule has 1 atom stereocenters. The summed E-state index contributed by atoms with van der Waals surface area (Å²) < 4.78 is 24.3. The van der Waals surface area contributed by atoms with E-state index in [4.69, 9.17) is 9.47 Å². The third kappa shape index (κ3) is 3.52. The minimum atomic E-state index is -0.606. The second-order valence-electron chi connectivity index (χ2n) is 5.12. The number of carbonyl (C=O) groups excluding carboxylic acids is 1. The first-order chi connectivity index (χ1) is 8.87. The van der Waals surface area contributed by atoms with Crippen molar-refractivity contribution in [2.24, 2.45) is 0 Å². The van der Waals surface area contributed by atoms with Crippen LogP contribution in [0.1, 0.15) is 29.8 Å². The minimum Gasteiger partial charge on any atom is -0.349 e. The van der Waals surface area contributed by atoms with E-state index in [1.165, 1.54) is 6.07 Å². The number of halogens is 1. The van der Waals surface area contributed by atoms with Crippen LogP contribution in [0.5, 0.6) is 0 Å². The Labute approximate surface area is 111 Å². The zero-order valence-electron chi connectivity index (χ0n) is 11.3. The Morgan fingerprint density at radius 3 is 2.84 bits per heavy atom. The van der Waals surface area contributed by atoms with Crippen molar-refractivity contribution in [2.45, 2.75) is 32.7 Å². The molecule has 0 aliphatic carbocycles. The largest absolute Gasteiger partial charge is 0.349 e. The molecule has 1 N–H and O–H groups in total. The minimum absolute atomic E-state index is 0.172. The van der Waals surface area contributed by atoms with Gasteiger partial charge in [0.25, 0.3) is 5.91 Å². The smallest absolute Gasteiger partial charge is 0.251 e. The highest BCUT2D eigenvalue weighted by molar-refractivity contribution is 5.94. The molecule has 1 fully saturated rings. The average Bonchev–Trinajstić information content (AvgIpc) is 2.69. The number of ether oxygens (including phenoxy) is 2. The highest BCUT2D eigenvalue weighted by Gasteiger charge is 2.32. The van der Waals surface area contributed by atoms with Crippen LogP contribution >= 0.6 is 0 Å².